The number of nitrogens with two attached hydrogens (primary N) is 1. The van der Waals surface area contributed by atoms with Crippen molar-refractivity contribution in [3.63, 3.8) is 0 Å². The molecule has 0 amide bonds. The maximum Gasteiger partial charge on any atom is 0.132 e. The molecule has 1 unspecified atom stereocenters. The second-order valence-electron chi connectivity index (χ2n) is 4.92. The molecule has 0 aromatic heterocycles. The number of methoxy groups -OCH3 is 1. The molecular weight excluding hydrogens is 293 g/mol. The van der Waals surface area contributed by atoms with Gasteiger partial charge in [0.2, 0.25) is 0 Å². The van der Waals surface area contributed by atoms with Gasteiger partial charge in [-0.25, -0.2) is 4.39 Å². The summed E-state index contributed by atoms with van der Waals surface area (Å²) in [5, 5.41) is 0.569. The lowest BCUT2D eigenvalue weighted by Crippen LogP contribution is -2.16. The largest absolute Gasteiger partial charge is 0.496 e. The zero-order chi connectivity index (χ0) is 15.0. The van der Waals surface area contributed by atoms with Crippen LogP contribution in [-0.4, -0.2) is 13.7 Å². The molecule has 3 nitrogen and oxygen atoms in total. The van der Waals surface area contributed by atoms with Crippen molar-refractivity contribution >= 4 is 11.6 Å². The van der Waals surface area contributed by atoms with Crippen LogP contribution in [0.15, 0.2) is 30.3 Å². The molecule has 0 spiro atoms. The first-order chi connectivity index (χ1) is 10.1. The third kappa shape index (κ3) is 2.45. The first kappa shape index (κ1) is 14.2. The van der Waals surface area contributed by atoms with Crippen LogP contribution in [0.4, 0.5) is 4.39 Å². The van der Waals surface area contributed by atoms with E-state index in [0.717, 1.165) is 12.0 Å². The first-order valence-electron chi connectivity index (χ1n) is 6.65. The Bertz CT molecular complexity index is 690. The zero-order valence-electron chi connectivity index (χ0n) is 11.5. The summed E-state index contributed by atoms with van der Waals surface area (Å²) in [6, 6.07) is 7.52. The molecule has 110 valence electrons. The predicted octanol–water partition coefficient (Wildman–Crippen LogP) is 3.47. The Morgan fingerprint density at radius 1 is 1.38 bits per heavy atom. The van der Waals surface area contributed by atoms with Crippen molar-refractivity contribution in [1.82, 2.24) is 0 Å². The van der Waals surface area contributed by atoms with Gasteiger partial charge in [0, 0.05) is 17.0 Å². The number of hydrogen-bond donors (Lipinski definition) is 1. The lowest BCUT2D eigenvalue weighted by Gasteiger charge is -2.19. The van der Waals surface area contributed by atoms with Crippen LogP contribution in [0.3, 0.4) is 0 Å². The van der Waals surface area contributed by atoms with Gasteiger partial charge in [-0.15, -0.1) is 0 Å². The van der Waals surface area contributed by atoms with Crippen LogP contribution < -0.4 is 15.2 Å². The maximum atomic E-state index is 14.2. The third-order valence-corrected chi connectivity index (χ3v) is 3.87. The van der Waals surface area contributed by atoms with Crippen molar-refractivity contribution in [3.8, 4) is 11.5 Å². The molecule has 2 N–H and O–H groups in total. The summed E-state index contributed by atoms with van der Waals surface area (Å²) >= 11 is 6.14. The molecular formula is C16H15ClFNO2. The number of fused-ring (bicyclic) bond motifs is 1. The van der Waals surface area contributed by atoms with E-state index < -0.39 is 11.9 Å². The van der Waals surface area contributed by atoms with Crippen molar-refractivity contribution in [2.75, 3.05) is 13.7 Å². The highest BCUT2D eigenvalue weighted by Gasteiger charge is 2.26. The van der Waals surface area contributed by atoms with Crippen molar-refractivity contribution in [2.45, 2.75) is 12.5 Å². The molecule has 2 aromatic carbocycles. The minimum absolute atomic E-state index is 0.306. The molecule has 0 saturated heterocycles. The van der Waals surface area contributed by atoms with Crippen LogP contribution in [0.25, 0.3) is 0 Å². The molecule has 2 aromatic rings. The van der Waals surface area contributed by atoms with E-state index in [4.69, 9.17) is 26.8 Å². The Kier molecular flexibility index (Phi) is 3.74. The number of hydrogen-bond acceptors (Lipinski definition) is 3. The van der Waals surface area contributed by atoms with E-state index in [-0.39, 0.29) is 0 Å². The second-order valence-corrected chi connectivity index (χ2v) is 5.35. The molecule has 0 saturated carbocycles. The average molecular weight is 308 g/mol. The van der Waals surface area contributed by atoms with Gasteiger partial charge in [-0.2, -0.15) is 0 Å². The van der Waals surface area contributed by atoms with Crippen molar-refractivity contribution in [1.29, 1.82) is 0 Å². The molecule has 5 heteroatoms. The minimum Gasteiger partial charge on any atom is -0.496 e. The Hall–Kier alpha value is -1.78. The monoisotopic (exact) mass is 307 g/mol. The van der Waals surface area contributed by atoms with E-state index in [1.165, 1.54) is 13.2 Å². The van der Waals surface area contributed by atoms with Gasteiger partial charge in [0.15, 0.2) is 0 Å². The van der Waals surface area contributed by atoms with Crippen LogP contribution in [0, 0.1) is 5.82 Å². The molecule has 1 atom stereocenters. The van der Waals surface area contributed by atoms with Crippen LogP contribution >= 0.6 is 11.6 Å². The molecule has 21 heavy (non-hydrogen) atoms. The minimum atomic E-state index is -0.702. The Morgan fingerprint density at radius 2 is 2.19 bits per heavy atom. The third-order valence-electron chi connectivity index (χ3n) is 3.66. The number of ether oxygens (including phenoxy) is 2. The van der Waals surface area contributed by atoms with Gasteiger partial charge in [0.05, 0.1) is 25.3 Å². The summed E-state index contributed by atoms with van der Waals surface area (Å²) in [5.41, 5.74) is 8.26. The normalized spacial score (nSPS) is 14.5. The van der Waals surface area contributed by atoms with Gasteiger partial charge in [0.1, 0.15) is 17.3 Å². The van der Waals surface area contributed by atoms with Gasteiger partial charge in [0.25, 0.3) is 0 Å². The lowest BCUT2D eigenvalue weighted by molar-refractivity contribution is 0.351. The molecule has 1 aliphatic heterocycles. The summed E-state index contributed by atoms with van der Waals surface area (Å²) in [6.07, 6.45) is 0.782. The van der Waals surface area contributed by atoms with E-state index in [1.54, 1.807) is 18.2 Å². The lowest BCUT2D eigenvalue weighted by atomic mass is 9.95. The molecule has 1 heterocycles. The molecule has 0 radical (unpaired) electrons. The summed E-state index contributed by atoms with van der Waals surface area (Å²) < 4.78 is 25.1. The fourth-order valence-electron chi connectivity index (χ4n) is 2.68. The molecule has 0 fully saturated rings. The molecule has 0 aliphatic carbocycles. The number of halogens is 2. The Labute approximate surface area is 127 Å². The highest BCUT2D eigenvalue weighted by atomic mass is 35.5. The maximum absolute atomic E-state index is 14.2. The standard InChI is InChI=1S/C16H15ClFNO2/c1-20-13-4-2-3-12(18)14(13)15(19)11-8-10(17)7-9-5-6-21-16(9)11/h2-4,7-8,15H,5-6,19H2,1H3. The first-order valence-corrected chi connectivity index (χ1v) is 7.02. The predicted molar refractivity (Wildman–Crippen MR) is 79.6 cm³/mol. The SMILES string of the molecule is COc1cccc(F)c1C(N)c1cc(Cl)cc2c1OCC2. The molecule has 0 bridgehead atoms. The Morgan fingerprint density at radius 3 is 2.95 bits per heavy atom. The molecule has 3 rings (SSSR count). The molecule has 1 aliphatic rings. The van der Waals surface area contributed by atoms with Crippen molar-refractivity contribution in [2.24, 2.45) is 5.73 Å². The van der Waals surface area contributed by atoms with Crippen molar-refractivity contribution < 1.29 is 13.9 Å². The van der Waals surface area contributed by atoms with Gasteiger partial charge in [-0.1, -0.05) is 17.7 Å². The van der Waals surface area contributed by atoms with E-state index in [1.807, 2.05) is 6.07 Å². The number of benzene rings is 2. The van der Waals surface area contributed by atoms with Gasteiger partial charge in [-0.3, -0.25) is 0 Å². The van der Waals surface area contributed by atoms with Crippen molar-refractivity contribution in [3.05, 3.63) is 57.9 Å². The fourth-order valence-corrected chi connectivity index (χ4v) is 2.93. The smallest absolute Gasteiger partial charge is 0.132 e. The summed E-state index contributed by atoms with van der Waals surface area (Å²) in [6.45, 7) is 0.587. The highest BCUT2D eigenvalue weighted by Crippen LogP contribution is 2.40. The second kappa shape index (κ2) is 5.54. The summed E-state index contributed by atoms with van der Waals surface area (Å²) in [4.78, 5) is 0. The van der Waals surface area contributed by atoms with Crippen LogP contribution in [-0.2, 0) is 6.42 Å². The van der Waals surface area contributed by atoms with Gasteiger partial charge >= 0.3 is 0 Å². The summed E-state index contributed by atoms with van der Waals surface area (Å²) in [7, 11) is 1.49. The van der Waals surface area contributed by atoms with E-state index in [2.05, 4.69) is 0 Å². The van der Waals surface area contributed by atoms with Crippen LogP contribution in [0.5, 0.6) is 11.5 Å². The fraction of sp³-hybridized carbons (Fsp3) is 0.250. The van der Waals surface area contributed by atoms with E-state index in [0.29, 0.717) is 34.3 Å². The van der Waals surface area contributed by atoms with Crippen LogP contribution in [0.2, 0.25) is 5.02 Å². The topological polar surface area (TPSA) is 44.5 Å². The highest BCUT2D eigenvalue weighted by molar-refractivity contribution is 6.30. The van der Waals surface area contributed by atoms with Crippen LogP contribution in [0.1, 0.15) is 22.7 Å². The van der Waals surface area contributed by atoms with E-state index in [9.17, 15) is 4.39 Å². The quantitative estimate of drug-likeness (QED) is 0.944. The Balaban J connectivity index is 2.14. The van der Waals surface area contributed by atoms with Gasteiger partial charge < -0.3 is 15.2 Å². The zero-order valence-corrected chi connectivity index (χ0v) is 12.3. The summed E-state index contributed by atoms with van der Waals surface area (Å²) in [5.74, 6) is 0.708. The van der Waals surface area contributed by atoms with Gasteiger partial charge in [-0.05, 0) is 29.8 Å². The number of rotatable bonds is 3. The van der Waals surface area contributed by atoms with E-state index >= 15 is 0 Å². The average Bonchev–Trinajstić information content (AvgIpc) is 2.93.